The van der Waals surface area contributed by atoms with Crippen molar-refractivity contribution in [1.29, 1.82) is 0 Å². The average Bonchev–Trinajstić information content (AvgIpc) is 3.17. The molecule has 0 saturated carbocycles. The molecule has 3 aromatic rings. The number of fused-ring (bicyclic) bond motifs is 1. The Morgan fingerprint density at radius 3 is 2.36 bits per heavy atom. The number of hydrogen-bond donors (Lipinski definition) is 0. The normalized spacial score (nSPS) is 14.4. The topological polar surface area (TPSA) is 54.9 Å². The lowest BCUT2D eigenvalue weighted by molar-refractivity contribution is 0.0747. The van der Waals surface area contributed by atoms with E-state index < -0.39 is 0 Å². The first-order valence-corrected chi connectivity index (χ1v) is 10.0. The van der Waals surface area contributed by atoms with Crippen molar-refractivity contribution in [3.05, 3.63) is 47.5 Å². The monoisotopic (exact) mass is 397 g/mol. The number of hydrogen-bond acceptors (Lipinski definition) is 6. The van der Waals surface area contributed by atoms with Crippen LogP contribution in [-0.4, -0.2) is 56.2 Å². The lowest BCUT2D eigenvalue weighted by Gasteiger charge is -2.34. The number of amides is 1. The predicted octanol–water partition coefficient (Wildman–Crippen LogP) is 3.58. The molecule has 2 heterocycles. The van der Waals surface area contributed by atoms with Crippen LogP contribution in [0.2, 0.25) is 0 Å². The summed E-state index contributed by atoms with van der Waals surface area (Å²) in [5.41, 5.74) is 2.72. The molecule has 1 aliphatic rings. The minimum Gasteiger partial charge on any atom is -0.493 e. The maximum Gasteiger partial charge on any atom is 0.253 e. The van der Waals surface area contributed by atoms with Crippen molar-refractivity contribution in [2.24, 2.45) is 0 Å². The number of aromatic nitrogens is 1. The Bertz CT molecular complexity index is 992. The first-order valence-electron chi connectivity index (χ1n) is 9.23. The third-order valence-corrected chi connectivity index (χ3v) is 6.11. The summed E-state index contributed by atoms with van der Waals surface area (Å²) in [4.78, 5) is 21.6. The third-order valence-electron chi connectivity index (χ3n) is 5.03. The van der Waals surface area contributed by atoms with Gasteiger partial charge in [-0.3, -0.25) is 4.79 Å². The molecule has 0 spiro atoms. The van der Waals surface area contributed by atoms with Gasteiger partial charge in [-0.2, -0.15) is 0 Å². The first kappa shape index (κ1) is 18.6. The number of ether oxygens (including phenoxy) is 2. The van der Waals surface area contributed by atoms with E-state index in [-0.39, 0.29) is 5.91 Å². The minimum atomic E-state index is 0.0929. The van der Waals surface area contributed by atoms with Gasteiger partial charge in [0.1, 0.15) is 5.52 Å². The smallest absolute Gasteiger partial charge is 0.253 e. The van der Waals surface area contributed by atoms with Crippen molar-refractivity contribution in [2.45, 2.75) is 6.92 Å². The highest BCUT2D eigenvalue weighted by atomic mass is 32.1. The lowest BCUT2D eigenvalue weighted by atomic mass is 10.1. The molecule has 0 aliphatic carbocycles. The molecule has 0 radical (unpaired) electrons. The third kappa shape index (κ3) is 3.38. The van der Waals surface area contributed by atoms with Crippen LogP contribution in [0.5, 0.6) is 11.5 Å². The molecule has 1 aromatic heterocycles. The van der Waals surface area contributed by atoms with Crippen LogP contribution in [0.3, 0.4) is 0 Å². The molecule has 6 nitrogen and oxygen atoms in total. The van der Waals surface area contributed by atoms with E-state index in [0.29, 0.717) is 24.6 Å². The van der Waals surface area contributed by atoms with E-state index in [0.717, 1.165) is 39.6 Å². The Morgan fingerprint density at radius 2 is 1.71 bits per heavy atom. The van der Waals surface area contributed by atoms with Crippen molar-refractivity contribution < 1.29 is 14.3 Å². The summed E-state index contributed by atoms with van der Waals surface area (Å²) >= 11 is 1.64. The molecular weight excluding hydrogens is 374 g/mol. The molecule has 2 aromatic carbocycles. The molecular formula is C21H23N3O3S. The van der Waals surface area contributed by atoms with Crippen molar-refractivity contribution in [2.75, 3.05) is 45.3 Å². The van der Waals surface area contributed by atoms with Crippen LogP contribution in [0.25, 0.3) is 10.2 Å². The zero-order chi connectivity index (χ0) is 19.7. The fraction of sp³-hybridized carbons (Fsp3) is 0.333. The number of aryl methyl sites for hydroxylation is 1. The molecule has 28 heavy (non-hydrogen) atoms. The van der Waals surface area contributed by atoms with E-state index in [4.69, 9.17) is 14.5 Å². The van der Waals surface area contributed by atoms with Crippen LogP contribution >= 0.6 is 11.3 Å². The van der Waals surface area contributed by atoms with Gasteiger partial charge in [0.25, 0.3) is 5.91 Å². The summed E-state index contributed by atoms with van der Waals surface area (Å²) in [5.74, 6) is 1.44. The van der Waals surface area contributed by atoms with E-state index >= 15 is 0 Å². The number of thiazole rings is 1. The highest BCUT2D eigenvalue weighted by Gasteiger charge is 2.24. The number of piperazine rings is 1. The van der Waals surface area contributed by atoms with E-state index in [1.165, 1.54) is 0 Å². The summed E-state index contributed by atoms with van der Waals surface area (Å²) in [5, 5.41) is 0.948. The van der Waals surface area contributed by atoms with Gasteiger partial charge in [0, 0.05) is 31.7 Å². The second-order valence-electron chi connectivity index (χ2n) is 6.79. The molecule has 0 atom stereocenters. The summed E-state index contributed by atoms with van der Waals surface area (Å²) in [6.07, 6.45) is 0. The Hall–Kier alpha value is -2.80. The molecule has 1 fully saturated rings. The average molecular weight is 398 g/mol. The van der Waals surface area contributed by atoms with E-state index in [1.807, 2.05) is 48.2 Å². The molecule has 1 saturated heterocycles. The zero-order valence-electron chi connectivity index (χ0n) is 16.3. The van der Waals surface area contributed by atoms with Crippen LogP contribution in [0.15, 0.2) is 36.4 Å². The van der Waals surface area contributed by atoms with Crippen LogP contribution in [0, 0.1) is 6.92 Å². The second kappa shape index (κ2) is 7.67. The second-order valence-corrected chi connectivity index (χ2v) is 7.80. The Labute approximate surface area is 168 Å². The zero-order valence-corrected chi connectivity index (χ0v) is 17.1. The number of anilines is 1. The fourth-order valence-electron chi connectivity index (χ4n) is 3.41. The quantitative estimate of drug-likeness (QED) is 0.674. The maximum atomic E-state index is 12.7. The molecule has 146 valence electrons. The number of benzene rings is 2. The van der Waals surface area contributed by atoms with Gasteiger partial charge in [-0.1, -0.05) is 29.0 Å². The number of methoxy groups -OCH3 is 2. The SMILES string of the molecule is COc1ccc2sc(N3CCN(C(=O)c4ccc(C)cc4)CC3)nc2c1OC. The summed E-state index contributed by atoms with van der Waals surface area (Å²) in [6, 6.07) is 11.7. The van der Waals surface area contributed by atoms with Crippen LogP contribution in [-0.2, 0) is 0 Å². The van der Waals surface area contributed by atoms with Crippen molar-refractivity contribution >= 4 is 32.6 Å². The Balaban J connectivity index is 1.49. The van der Waals surface area contributed by atoms with Gasteiger partial charge in [-0.25, -0.2) is 4.98 Å². The van der Waals surface area contributed by atoms with E-state index in [2.05, 4.69) is 4.90 Å². The fourth-order valence-corrected chi connectivity index (χ4v) is 4.43. The van der Waals surface area contributed by atoms with Gasteiger partial charge in [-0.15, -0.1) is 0 Å². The molecule has 0 bridgehead atoms. The van der Waals surface area contributed by atoms with E-state index in [9.17, 15) is 4.79 Å². The molecule has 0 N–H and O–H groups in total. The number of nitrogens with zero attached hydrogens (tertiary/aromatic N) is 3. The number of carbonyl (C=O) groups is 1. The van der Waals surface area contributed by atoms with Crippen LogP contribution in [0.4, 0.5) is 5.13 Å². The van der Waals surface area contributed by atoms with Gasteiger partial charge in [0.15, 0.2) is 16.6 Å². The van der Waals surface area contributed by atoms with Gasteiger partial charge >= 0.3 is 0 Å². The summed E-state index contributed by atoms with van der Waals surface area (Å²) in [7, 11) is 3.26. The van der Waals surface area contributed by atoms with Crippen molar-refractivity contribution in [3.63, 3.8) is 0 Å². The highest BCUT2D eigenvalue weighted by molar-refractivity contribution is 7.22. The molecule has 1 amide bonds. The molecule has 4 rings (SSSR count). The number of rotatable bonds is 4. The Morgan fingerprint density at radius 1 is 1.00 bits per heavy atom. The summed E-state index contributed by atoms with van der Waals surface area (Å²) < 4.78 is 11.9. The van der Waals surface area contributed by atoms with Crippen LogP contribution in [0.1, 0.15) is 15.9 Å². The van der Waals surface area contributed by atoms with Crippen molar-refractivity contribution in [3.8, 4) is 11.5 Å². The first-order chi connectivity index (χ1) is 13.6. The molecule has 7 heteroatoms. The predicted molar refractivity (Wildman–Crippen MR) is 112 cm³/mol. The van der Waals surface area contributed by atoms with Gasteiger partial charge in [-0.05, 0) is 31.2 Å². The molecule has 0 unspecified atom stereocenters. The standard InChI is InChI=1S/C21H23N3O3S/c1-14-4-6-15(7-5-14)20(25)23-10-12-24(13-11-23)21-22-18-17(28-21)9-8-16(26-2)19(18)27-3/h4-9H,10-13H2,1-3H3. The van der Waals surface area contributed by atoms with E-state index in [1.54, 1.807) is 25.6 Å². The lowest BCUT2D eigenvalue weighted by Crippen LogP contribution is -2.48. The maximum absolute atomic E-state index is 12.7. The molecule has 1 aliphatic heterocycles. The highest BCUT2D eigenvalue weighted by Crippen LogP contribution is 2.40. The largest absolute Gasteiger partial charge is 0.493 e. The van der Waals surface area contributed by atoms with Crippen LogP contribution < -0.4 is 14.4 Å². The summed E-state index contributed by atoms with van der Waals surface area (Å²) in [6.45, 7) is 4.91. The Kier molecular flexibility index (Phi) is 5.09. The number of carbonyl (C=O) groups excluding carboxylic acids is 1. The van der Waals surface area contributed by atoms with Gasteiger partial charge in [0.05, 0.1) is 18.9 Å². The van der Waals surface area contributed by atoms with Gasteiger partial charge in [0.2, 0.25) is 0 Å². The van der Waals surface area contributed by atoms with Crippen molar-refractivity contribution in [1.82, 2.24) is 9.88 Å². The minimum absolute atomic E-state index is 0.0929. The van der Waals surface area contributed by atoms with Gasteiger partial charge < -0.3 is 19.3 Å².